The van der Waals surface area contributed by atoms with E-state index in [0.29, 0.717) is 6.54 Å². The molecule has 1 saturated heterocycles. The maximum atomic E-state index is 13.2. The lowest BCUT2D eigenvalue weighted by atomic mass is 10.1. The Kier molecular flexibility index (Phi) is 6.61. The molecule has 2 amide bonds. The van der Waals surface area contributed by atoms with E-state index in [4.69, 9.17) is 0 Å². The Morgan fingerprint density at radius 3 is 2.42 bits per heavy atom. The van der Waals surface area contributed by atoms with Crippen LogP contribution in [-0.2, 0) is 13.0 Å². The first-order valence-corrected chi connectivity index (χ1v) is 9.24. The van der Waals surface area contributed by atoms with E-state index < -0.39 is 0 Å². The molecule has 0 radical (unpaired) electrons. The molecule has 0 saturated carbocycles. The zero-order valence-corrected chi connectivity index (χ0v) is 15.0. The van der Waals surface area contributed by atoms with Crippen LogP contribution >= 0.6 is 0 Å². The summed E-state index contributed by atoms with van der Waals surface area (Å²) in [5.41, 5.74) is 2.15. The summed E-state index contributed by atoms with van der Waals surface area (Å²) in [5.74, 6) is -0.169. The molecule has 138 valence electrons. The van der Waals surface area contributed by atoms with Gasteiger partial charge in [0.05, 0.1) is 0 Å². The van der Waals surface area contributed by atoms with Crippen LogP contribution < -0.4 is 5.32 Å². The van der Waals surface area contributed by atoms with Crippen LogP contribution in [0.1, 0.15) is 17.5 Å². The van der Waals surface area contributed by atoms with E-state index in [1.54, 1.807) is 12.1 Å². The second kappa shape index (κ2) is 9.34. The van der Waals surface area contributed by atoms with Crippen molar-refractivity contribution < 1.29 is 9.18 Å². The SMILES string of the molecule is O=C(NCc1ccccc1)N1CCN(CCCc2cccc(F)c2)CC1. The van der Waals surface area contributed by atoms with Gasteiger partial charge in [-0.1, -0.05) is 42.5 Å². The number of hydrogen-bond donors (Lipinski definition) is 1. The van der Waals surface area contributed by atoms with E-state index in [-0.39, 0.29) is 11.8 Å². The zero-order chi connectivity index (χ0) is 18.2. The third-order valence-corrected chi connectivity index (χ3v) is 4.77. The average molecular weight is 355 g/mol. The summed E-state index contributed by atoms with van der Waals surface area (Å²) >= 11 is 0. The van der Waals surface area contributed by atoms with Crippen molar-refractivity contribution in [3.8, 4) is 0 Å². The zero-order valence-electron chi connectivity index (χ0n) is 15.0. The molecule has 1 N–H and O–H groups in total. The van der Waals surface area contributed by atoms with Crippen molar-refractivity contribution in [2.45, 2.75) is 19.4 Å². The van der Waals surface area contributed by atoms with E-state index in [1.165, 1.54) is 6.07 Å². The number of halogens is 1. The number of hydrogen-bond acceptors (Lipinski definition) is 2. The molecule has 0 unspecified atom stereocenters. The molecule has 1 aliphatic rings. The summed E-state index contributed by atoms with van der Waals surface area (Å²) in [6.45, 7) is 4.83. The normalized spacial score (nSPS) is 15.0. The van der Waals surface area contributed by atoms with Crippen LogP contribution in [0.4, 0.5) is 9.18 Å². The Morgan fingerprint density at radius 2 is 1.69 bits per heavy atom. The smallest absolute Gasteiger partial charge is 0.317 e. The third kappa shape index (κ3) is 5.56. The minimum atomic E-state index is -0.169. The number of carbonyl (C=O) groups excluding carboxylic acids is 1. The van der Waals surface area contributed by atoms with Crippen molar-refractivity contribution in [1.29, 1.82) is 0 Å². The monoisotopic (exact) mass is 355 g/mol. The fourth-order valence-electron chi connectivity index (χ4n) is 3.26. The molecule has 1 heterocycles. The Bertz CT molecular complexity index is 699. The molecule has 0 atom stereocenters. The highest BCUT2D eigenvalue weighted by molar-refractivity contribution is 5.74. The van der Waals surface area contributed by atoms with E-state index in [1.807, 2.05) is 41.3 Å². The molecule has 0 aromatic heterocycles. The number of benzene rings is 2. The van der Waals surface area contributed by atoms with E-state index >= 15 is 0 Å². The van der Waals surface area contributed by atoms with Gasteiger partial charge >= 0.3 is 6.03 Å². The number of piperazine rings is 1. The molecule has 0 aliphatic carbocycles. The number of nitrogens with zero attached hydrogens (tertiary/aromatic N) is 2. The lowest BCUT2D eigenvalue weighted by molar-refractivity contribution is 0.138. The summed E-state index contributed by atoms with van der Waals surface area (Å²) in [4.78, 5) is 16.5. The molecule has 2 aromatic carbocycles. The molecule has 4 nitrogen and oxygen atoms in total. The fourth-order valence-corrected chi connectivity index (χ4v) is 3.26. The highest BCUT2D eigenvalue weighted by Crippen LogP contribution is 2.09. The second-order valence-electron chi connectivity index (χ2n) is 6.71. The van der Waals surface area contributed by atoms with Crippen LogP contribution in [0, 0.1) is 5.82 Å². The van der Waals surface area contributed by atoms with Crippen LogP contribution in [-0.4, -0.2) is 48.6 Å². The molecule has 2 aromatic rings. The summed E-state index contributed by atoms with van der Waals surface area (Å²) in [7, 11) is 0. The van der Waals surface area contributed by atoms with E-state index in [2.05, 4.69) is 10.2 Å². The van der Waals surface area contributed by atoms with Crippen LogP contribution in [0.15, 0.2) is 54.6 Å². The van der Waals surface area contributed by atoms with Gasteiger partial charge in [0.15, 0.2) is 0 Å². The number of nitrogens with one attached hydrogen (secondary N) is 1. The molecular weight excluding hydrogens is 329 g/mol. The Balaban J connectivity index is 1.34. The topological polar surface area (TPSA) is 35.6 Å². The van der Waals surface area contributed by atoms with Crippen molar-refractivity contribution in [2.24, 2.45) is 0 Å². The van der Waals surface area contributed by atoms with Gasteiger partial charge in [0.1, 0.15) is 5.82 Å². The first-order valence-electron chi connectivity index (χ1n) is 9.24. The summed E-state index contributed by atoms with van der Waals surface area (Å²) < 4.78 is 13.2. The lowest BCUT2D eigenvalue weighted by Gasteiger charge is -2.34. The van der Waals surface area contributed by atoms with Gasteiger partial charge in [0, 0.05) is 32.7 Å². The van der Waals surface area contributed by atoms with Gasteiger partial charge in [-0.25, -0.2) is 9.18 Å². The molecule has 5 heteroatoms. The average Bonchev–Trinajstić information content (AvgIpc) is 2.67. The Labute approximate surface area is 154 Å². The van der Waals surface area contributed by atoms with E-state index in [9.17, 15) is 9.18 Å². The van der Waals surface area contributed by atoms with Crippen LogP contribution in [0.2, 0.25) is 0 Å². The molecule has 0 spiro atoms. The standard InChI is InChI=1S/C21H26FN3O/c22-20-10-4-8-18(16-20)9-5-11-24-12-14-25(15-13-24)21(26)23-17-19-6-2-1-3-7-19/h1-4,6-8,10,16H,5,9,11-15,17H2,(H,23,26). The number of carbonyl (C=O) groups is 1. The highest BCUT2D eigenvalue weighted by atomic mass is 19.1. The van der Waals surface area contributed by atoms with Gasteiger partial charge in [-0.2, -0.15) is 0 Å². The van der Waals surface area contributed by atoms with Crippen molar-refractivity contribution in [3.05, 3.63) is 71.5 Å². The summed E-state index contributed by atoms with van der Waals surface area (Å²) in [5, 5.41) is 2.99. The molecule has 0 bridgehead atoms. The van der Waals surface area contributed by atoms with E-state index in [0.717, 1.165) is 56.7 Å². The van der Waals surface area contributed by atoms with Crippen molar-refractivity contribution >= 4 is 6.03 Å². The summed E-state index contributed by atoms with van der Waals surface area (Å²) in [6, 6.07) is 16.8. The van der Waals surface area contributed by atoms with Crippen LogP contribution in [0.25, 0.3) is 0 Å². The number of rotatable bonds is 6. The minimum Gasteiger partial charge on any atom is -0.334 e. The lowest BCUT2D eigenvalue weighted by Crippen LogP contribution is -2.51. The number of urea groups is 1. The first-order chi connectivity index (χ1) is 12.7. The molecule has 3 rings (SSSR count). The minimum absolute atomic E-state index is 0.00765. The van der Waals surface area contributed by atoms with Crippen molar-refractivity contribution in [2.75, 3.05) is 32.7 Å². The highest BCUT2D eigenvalue weighted by Gasteiger charge is 2.20. The van der Waals surface area contributed by atoms with Gasteiger partial charge < -0.3 is 10.2 Å². The van der Waals surface area contributed by atoms with Crippen molar-refractivity contribution in [1.82, 2.24) is 15.1 Å². The molecule has 26 heavy (non-hydrogen) atoms. The van der Waals surface area contributed by atoms with Gasteiger partial charge in [-0.15, -0.1) is 0 Å². The largest absolute Gasteiger partial charge is 0.334 e. The van der Waals surface area contributed by atoms with Gasteiger partial charge in [-0.05, 0) is 42.6 Å². The first kappa shape index (κ1) is 18.4. The number of aryl methyl sites for hydroxylation is 1. The quantitative estimate of drug-likeness (QED) is 0.863. The van der Waals surface area contributed by atoms with Crippen molar-refractivity contribution in [3.63, 3.8) is 0 Å². The van der Waals surface area contributed by atoms with Crippen LogP contribution in [0.5, 0.6) is 0 Å². The fraction of sp³-hybridized carbons (Fsp3) is 0.381. The second-order valence-corrected chi connectivity index (χ2v) is 6.71. The van der Waals surface area contributed by atoms with Gasteiger partial charge in [-0.3, -0.25) is 4.90 Å². The summed E-state index contributed by atoms with van der Waals surface area (Å²) in [6.07, 6.45) is 1.89. The third-order valence-electron chi connectivity index (χ3n) is 4.77. The van der Waals surface area contributed by atoms with Crippen LogP contribution in [0.3, 0.4) is 0 Å². The predicted octanol–water partition coefficient (Wildman–Crippen LogP) is 3.29. The maximum Gasteiger partial charge on any atom is 0.317 e. The molecule has 1 fully saturated rings. The Morgan fingerprint density at radius 1 is 0.962 bits per heavy atom. The van der Waals surface area contributed by atoms with Gasteiger partial charge in [0.2, 0.25) is 0 Å². The Hall–Kier alpha value is -2.40. The molecule has 1 aliphatic heterocycles. The maximum absolute atomic E-state index is 13.2. The van der Waals surface area contributed by atoms with Gasteiger partial charge in [0.25, 0.3) is 0 Å². The predicted molar refractivity (Wildman–Crippen MR) is 101 cm³/mol. The number of amides is 2. The molecular formula is C21H26FN3O.